The number of carbonyl (C=O) groups is 1. The Morgan fingerprint density at radius 2 is 1.79 bits per heavy atom. The Bertz CT molecular complexity index is 733. The summed E-state index contributed by atoms with van der Waals surface area (Å²) in [6.07, 6.45) is 0. The zero-order valence-corrected chi connectivity index (χ0v) is 15.2. The van der Waals surface area contributed by atoms with Crippen LogP contribution in [0.25, 0.3) is 0 Å². The minimum absolute atomic E-state index is 0.0428. The molecule has 0 saturated heterocycles. The van der Waals surface area contributed by atoms with Crippen molar-refractivity contribution in [2.75, 3.05) is 14.1 Å². The Morgan fingerprint density at radius 3 is 2.38 bits per heavy atom. The molecule has 2 rings (SSSR count). The number of rotatable bonds is 5. The number of nitrogens with zero attached hydrogens (tertiary/aromatic N) is 1. The van der Waals surface area contributed by atoms with Crippen LogP contribution in [0, 0.1) is 5.82 Å². The first kappa shape index (κ1) is 18.7. The highest BCUT2D eigenvalue weighted by Gasteiger charge is 2.16. The van der Waals surface area contributed by atoms with Crippen molar-refractivity contribution in [1.29, 1.82) is 0 Å². The second-order valence-electron chi connectivity index (χ2n) is 5.92. The largest absolute Gasteiger partial charge is 0.345 e. The van der Waals surface area contributed by atoms with Gasteiger partial charge in [-0.1, -0.05) is 35.3 Å². The number of nitrogens with one attached hydrogen (secondary N) is 1. The Morgan fingerprint density at radius 1 is 1.17 bits per heavy atom. The Hall–Kier alpha value is -1.62. The number of amides is 1. The first-order chi connectivity index (χ1) is 11.3. The summed E-state index contributed by atoms with van der Waals surface area (Å²) in [6.45, 7) is 2.55. The average Bonchev–Trinajstić information content (AvgIpc) is 2.50. The maximum absolute atomic E-state index is 13.6. The van der Waals surface area contributed by atoms with E-state index in [2.05, 4.69) is 5.32 Å². The van der Waals surface area contributed by atoms with Gasteiger partial charge >= 0.3 is 0 Å². The molecule has 0 aliphatic rings. The minimum atomic E-state index is -0.565. The summed E-state index contributed by atoms with van der Waals surface area (Å²) in [7, 11) is 3.97. The van der Waals surface area contributed by atoms with E-state index in [4.69, 9.17) is 23.2 Å². The molecule has 6 heteroatoms. The maximum Gasteiger partial charge on any atom is 0.251 e. The molecule has 128 valence electrons. The van der Waals surface area contributed by atoms with E-state index in [1.165, 1.54) is 12.1 Å². The Balaban J connectivity index is 2.10. The van der Waals surface area contributed by atoms with Gasteiger partial charge in [-0.2, -0.15) is 0 Å². The highest BCUT2D eigenvalue weighted by molar-refractivity contribution is 6.35. The van der Waals surface area contributed by atoms with Crippen molar-refractivity contribution in [3.63, 3.8) is 0 Å². The molecule has 0 aromatic heterocycles. The molecule has 24 heavy (non-hydrogen) atoms. The lowest BCUT2D eigenvalue weighted by molar-refractivity contribution is 0.0940. The van der Waals surface area contributed by atoms with Crippen molar-refractivity contribution in [3.05, 3.63) is 69.0 Å². The van der Waals surface area contributed by atoms with Crippen molar-refractivity contribution < 1.29 is 9.18 Å². The summed E-state index contributed by atoms with van der Waals surface area (Å²) >= 11 is 11.8. The van der Waals surface area contributed by atoms with E-state index >= 15 is 0 Å². The summed E-state index contributed by atoms with van der Waals surface area (Å²) in [6, 6.07) is 9.50. The van der Waals surface area contributed by atoms with E-state index < -0.39 is 11.9 Å². The second kappa shape index (κ2) is 7.97. The van der Waals surface area contributed by atoms with Crippen LogP contribution in [0.5, 0.6) is 0 Å². The average molecular weight is 369 g/mol. The van der Waals surface area contributed by atoms with Crippen LogP contribution < -0.4 is 5.32 Å². The third-order valence-corrected chi connectivity index (χ3v) is 4.19. The molecule has 1 N–H and O–H groups in total. The van der Waals surface area contributed by atoms with Gasteiger partial charge in [0.1, 0.15) is 5.82 Å². The van der Waals surface area contributed by atoms with Crippen LogP contribution in [0.4, 0.5) is 4.39 Å². The van der Waals surface area contributed by atoms with E-state index in [-0.39, 0.29) is 10.9 Å². The summed E-state index contributed by atoms with van der Waals surface area (Å²) < 4.78 is 13.6. The standard InChI is InChI=1S/C18H19Cl2FN2O/c1-11(14-8-17(21)16(20)9-15(14)19)22-18(24)13-6-4-12(5-7-13)10-23(2)3/h4-9,11H,10H2,1-3H3,(H,22,24)/t11-/m0/s1. The second-order valence-corrected chi connectivity index (χ2v) is 6.73. The fourth-order valence-corrected chi connectivity index (χ4v) is 2.90. The zero-order chi connectivity index (χ0) is 17.9. The maximum atomic E-state index is 13.6. The van der Waals surface area contributed by atoms with Gasteiger partial charge in [0.05, 0.1) is 11.1 Å². The fourth-order valence-electron chi connectivity index (χ4n) is 2.35. The Kier molecular flexibility index (Phi) is 6.21. The summed E-state index contributed by atoms with van der Waals surface area (Å²) in [5, 5.41) is 3.09. The van der Waals surface area contributed by atoms with Gasteiger partial charge in [-0.3, -0.25) is 4.79 Å². The van der Waals surface area contributed by atoms with Crippen LogP contribution in [-0.2, 0) is 6.54 Å². The quantitative estimate of drug-likeness (QED) is 0.776. The normalized spacial score (nSPS) is 12.3. The number of carbonyl (C=O) groups excluding carboxylic acids is 1. The summed E-state index contributed by atoms with van der Waals surface area (Å²) in [4.78, 5) is 14.4. The van der Waals surface area contributed by atoms with Crippen LogP contribution in [0.2, 0.25) is 10.0 Å². The predicted molar refractivity (Wildman–Crippen MR) is 96.1 cm³/mol. The molecular formula is C18H19Cl2FN2O. The molecule has 0 saturated carbocycles. The number of benzene rings is 2. The molecule has 3 nitrogen and oxygen atoms in total. The lowest BCUT2D eigenvalue weighted by atomic mass is 10.1. The fraction of sp³-hybridized carbons (Fsp3) is 0.278. The lowest BCUT2D eigenvalue weighted by Crippen LogP contribution is -2.27. The van der Waals surface area contributed by atoms with Gasteiger partial charge in [0.15, 0.2) is 0 Å². The molecule has 2 aromatic carbocycles. The highest BCUT2D eigenvalue weighted by atomic mass is 35.5. The van der Waals surface area contributed by atoms with Crippen molar-refractivity contribution >= 4 is 29.1 Å². The molecule has 0 fully saturated rings. The topological polar surface area (TPSA) is 32.3 Å². The predicted octanol–water partition coefficient (Wildman–Crippen LogP) is 4.69. The third kappa shape index (κ3) is 4.69. The van der Waals surface area contributed by atoms with E-state index in [0.717, 1.165) is 12.1 Å². The van der Waals surface area contributed by atoms with Crippen molar-refractivity contribution in [2.24, 2.45) is 0 Å². The summed E-state index contributed by atoms with van der Waals surface area (Å²) in [5.41, 5.74) is 2.14. The zero-order valence-electron chi connectivity index (χ0n) is 13.7. The molecule has 0 heterocycles. The van der Waals surface area contributed by atoms with Crippen LogP contribution in [0.3, 0.4) is 0 Å². The molecule has 0 unspecified atom stereocenters. The molecular weight excluding hydrogens is 350 g/mol. The van der Waals surface area contributed by atoms with E-state index in [1.807, 2.05) is 31.1 Å². The van der Waals surface area contributed by atoms with Gasteiger partial charge in [-0.15, -0.1) is 0 Å². The number of hydrogen-bond acceptors (Lipinski definition) is 2. The SMILES string of the molecule is C[C@H](NC(=O)c1ccc(CN(C)C)cc1)c1cc(F)c(Cl)cc1Cl. The molecule has 1 atom stereocenters. The Labute approximate surface area is 151 Å². The lowest BCUT2D eigenvalue weighted by Gasteiger charge is -2.17. The smallest absolute Gasteiger partial charge is 0.251 e. The monoisotopic (exact) mass is 368 g/mol. The van der Waals surface area contributed by atoms with Gasteiger partial charge in [0.25, 0.3) is 5.91 Å². The van der Waals surface area contributed by atoms with Gasteiger partial charge in [0.2, 0.25) is 0 Å². The molecule has 0 spiro atoms. The van der Waals surface area contributed by atoms with Crippen LogP contribution in [0.15, 0.2) is 36.4 Å². The van der Waals surface area contributed by atoms with E-state index in [9.17, 15) is 9.18 Å². The van der Waals surface area contributed by atoms with Crippen LogP contribution in [-0.4, -0.2) is 24.9 Å². The molecule has 0 radical (unpaired) electrons. The number of hydrogen-bond donors (Lipinski definition) is 1. The number of halogens is 3. The van der Waals surface area contributed by atoms with Gasteiger partial charge in [-0.25, -0.2) is 4.39 Å². The first-order valence-corrected chi connectivity index (χ1v) is 8.22. The van der Waals surface area contributed by atoms with Crippen molar-refractivity contribution in [1.82, 2.24) is 10.2 Å². The van der Waals surface area contributed by atoms with Crippen molar-refractivity contribution in [3.8, 4) is 0 Å². The van der Waals surface area contributed by atoms with Gasteiger partial charge in [-0.05, 0) is 56.4 Å². The molecule has 0 aliphatic carbocycles. The van der Waals surface area contributed by atoms with E-state index in [1.54, 1.807) is 19.1 Å². The highest BCUT2D eigenvalue weighted by Crippen LogP contribution is 2.28. The first-order valence-electron chi connectivity index (χ1n) is 7.47. The van der Waals surface area contributed by atoms with Crippen LogP contribution in [0.1, 0.15) is 34.5 Å². The van der Waals surface area contributed by atoms with Crippen molar-refractivity contribution in [2.45, 2.75) is 19.5 Å². The molecule has 2 aromatic rings. The minimum Gasteiger partial charge on any atom is -0.345 e. The van der Waals surface area contributed by atoms with Gasteiger partial charge < -0.3 is 10.2 Å². The van der Waals surface area contributed by atoms with Crippen LogP contribution >= 0.6 is 23.2 Å². The molecule has 1 amide bonds. The third-order valence-electron chi connectivity index (χ3n) is 3.57. The van der Waals surface area contributed by atoms with E-state index in [0.29, 0.717) is 16.1 Å². The summed E-state index contributed by atoms with van der Waals surface area (Å²) in [5.74, 6) is -0.810. The molecule has 0 aliphatic heterocycles. The molecule has 0 bridgehead atoms. The van der Waals surface area contributed by atoms with Gasteiger partial charge in [0, 0.05) is 17.1 Å².